The van der Waals surface area contributed by atoms with Crippen molar-refractivity contribution in [1.82, 2.24) is 5.32 Å². The second-order valence-corrected chi connectivity index (χ2v) is 9.21. The van der Waals surface area contributed by atoms with E-state index < -0.39 is 0 Å². The lowest BCUT2D eigenvalue weighted by Gasteiger charge is -2.38. The Bertz CT molecular complexity index is 838. The van der Waals surface area contributed by atoms with Gasteiger partial charge in [0.2, 0.25) is 5.91 Å². The van der Waals surface area contributed by atoms with Crippen LogP contribution in [0.3, 0.4) is 0 Å². The Hall–Kier alpha value is -1.85. The van der Waals surface area contributed by atoms with Crippen molar-refractivity contribution in [3.8, 4) is 11.5 Å². The summed E-state index contributed by atoms with van der Waals surface area (Å²) < 4.78 is 11.4. The fraction of sp³-hybridized carbons (Fsp3) is 0.409. The number of carbonyl (C=O) groups is 1. The number of ether oxygens (including phenoxy) is 2. The van der Waals surface area contributed by atoms with Gasteiger partial charge in [-0.2, -0.15) is 0 Å². The van der Waals surface area contributed by atoms with E-state index in [4.69, 9.17) is 21.1 Å². The summed E-state index contributed by atoms with van der Waals surface area (Å²) in [6.07, 6.45) is 1.45. The smallest absolute Gasteiger partial charge is 0.233 e. The largest absolute Gasteiger partial charge is 0.497 e. The second kappa shape index (κ2) is 8.66. The minimum Gasteiger partial charge on any atom is -0.497 e. The van der Waals surface area contributed by atoms with Gasteiger partial charge in [-0.05, 0) is 56.7 Å². The maximum absolute atomic E-state index is 13.0. The highest BCUT2D eigenvalue weighted by molar-refractivity contribution is 8.00. The van der Waals surface area contributed by atoms with Gasteiger partial charge >= 0.3 is 0 Å². The molecular formula is C22H26ClNO3S. The molecule has 0 unspecified atom stereocenters. The van der Waals surface area contributed by atoms with Gasteiger partial charge in [-0.25, -0.2) is 0 Å². The van der Waals surface area contributed by atoms with E-state index in [1.54, 1.807) is 18.9 Å². The van der Waals surface area contributed by atoms with E-state index in [0.29, 0.717) is 11.4 Å². The molecule has 6 heteroatoms. The van der Waals surface area contributed by atoms with Crippen LogP contribution in [-0.2, 0) is 4.79 Å². The first-order chi connectivity index (χ1) is 13.3. The van der Waals surface area contributed by atoms with Crippen LogP contribution in [0.15, 0.2) is 47.4 Å². The van der Waals surface area contributed by atoms with Gasteiger partial charge in [-0.1, -0.05) is 18.5 Å². The van der Waals surface area contributed by atoms with Crippen molar-refractivity contribution in [3.63, 3.8) is 0 Å². The molecule has 0 aliphatic carbocycles. The predicted octanol–water partition coefficient (Wildman–Crippen LogP) is 5.64. The lowest BCUT2D eigenvalue weighted by atomic mass is 9.89. The lowest BCUT2D eigenvalue weighted by molar-refractivity contribution is -0.121. The van der Waals surface area contributed by atoms with Gasteiger partial charge in [0.25, 0.3) is 0 Å². The molecule has 2 aromatic carbocycles. The number of thioether (sulfide) groups is 1. The minimum atomic E-state index is -0.373. The van der Waals surface area contributed by atoms with E-state index in [-0.39, 0.29) is 22.8 Å². The van der Waals surface area contributed by atoms with Crippen LogP contribution < -0.4 is 14.8 Å². The molecule has 0 bridgehead atoms. The number of fused-ring (bicyclic) bond motifs is 1. The number of halogens is 1. The zero-order chi connectivity index (χ0) is 20.3. The predicted molar refractivity (Wildman–Crippen MR) is 115 cm³/mol. The normalized spacial score (nSPS) is 18.5. The van der Waals surface area contributed by atoms with Gasteiger partial charge in [-0.3, -0.25) is 4.79 Å². The van der Waals surface area contributed by atoms with Gasteiger partial charge in [0.1, 0.15) is 17.1 Å². The molecule has 3 rings (SSSR count). The van der Waals surface area contributed by atoms with Crippen molar-refractivity contribution in [2.24, 2.45) is 0 Å². The van der Waals surface area contributed by atoms with Crippen molar-refractivity contribution < 1.29 is 14.3 Å². The summed E-state index contributed by atoms with van der Waals surface area (Å²) in [4.78, 5) is 14.1. The molecule has 1 aliphatic rings. The third-order valence-electron chi connectivity index (χ3n) is 4.75. The average molecular weight is 420 g/mol. The number of amides is 1. The molecule has 4 nitrogen and oxygen atoms in total. The molecule has 1 N–H and O–H groups in total. The van der Waals surface area contributed by atoms with Crippen molar-refractivity contribution in [3.05, 3.63) is 53.1 Å². The topological polar surface area (TPSA) is 47.6 Å². The molecule has 1 amide bonds. The maximum atomic E-state index is 13.0. The van der Waals surface area contributed by atoms with E-state index in [1.807, 2.05) is 63.2 Å². The van der Waals surface area contributed by atoms with Crippen LogP contribution in [0, 0.1) is 0 Å². The maximum Gasteiger partial charge on any atom is 0.233 e. The Labute approximate surface area is 175 Å². The standard InChI is InChI=1S/C22H26ClNO3S/c1-5-20(28-16-9-6-14(23)7-10-16)21(25)24-18-13-22(2,3)27-19-12-15(26-4)8-11-17(18)19/h6-12,18,20H,5,13H2,1-4H3,(H,24,25)/t18-,20-/m0/s1. The molecule has 1 heterocycles. The SMILES string of the molecule is CC[C@H](Sc1ccc(Cl)cc1)C(=O)N[C@H]1CC(C)(C)Oc2cc(OC)ccc21. The number of rotatable bonds is 6. The number of benzene rings is 2. The molecule has 0 spiro atoms. The summed E-state index contributed by atoms with van der Waals surface area (Å²) in [6.45, 7) is 6.10. The fourth-order valence-electron chi connectivity index (χ4n) is 3.35. The van der Waals surface area contributed by atoms with Crippen LogP contribution in [0.2, 0.25) is 5.02 Å². The van der Waals surface area contributed by atoms with E-state index >= 15 is 0 Å². The second-order valence-electron chi connectivity index (χ2n) is 7.50. The fourth-order valence-corrected chi connectivity index (χ4v) is 4.44. The van der Waals surface area contributed by atoms with Crippen LogP contribution >= 0.6 is 23.4 Å². The summed E-state index contributed by atoms with van der Waals surface area (Å²) in [5.41, 5.74) is 0.613. The van der Waals surface area contributed by atoms with Crippen molar-refractivity contribution in [1.29, 1.82) is 0 Å². The number of methoxy groups -OCH3 is 1. The molecule has 150 valence electrons. The van der Waals surface area contributed by atoms with Crippen LogP contribution in [0.5, 0.6) is 11.5 Å². The van der Waals surface area contributed by atoms with Crippen LogP contribution in [0.1, 0.15) is 45.2 Å². The first-order valence-corrected chi connectivity index (χ1v) is 10.7. The average Bonchev–Trinajstić information content (AvgIpc) is 2.66. The van der Waals surface area contributed by atoms with Crippen LogP contribution in [0.25, 0.3) is 0 Å². The molecule has 2 aromatic rings. The number of hydrogen-bond donors (Lipinski definition) is 1. The van der Waals surface area contributed by atoms with Gasteiger partial charge in [0.05, 0.1) is 18.4 Å². The summed E-state index contributed by atoms with van der Waals surface area (Å²) >= 11 is 7.52. The minimum absolute atomic E-state index is 0.0342. The molecule has 0 fully saturated rings. The van der Waals surface area contributed by atoms with E-state index in [9.17, 15) is 4.79 Å². The third kappa shape index (κ3) is 4.95. The Morgan fingerprint density at radius 3 is 2.68 bits per heavy atom. The number of hydrogen-bond acceptors (Lipinski definition) is 4. The van der Waals surface area contributed by atoms with Crippen molar-refractivity contribution >= 4 is 29.3 Å². The highest BCUT2D eigenvalue weighted by Crippen LogP contribution is 2.41. The third-order valence-corrected chi connectivity index (χ3v) is 6.38. The zero-order valence-electron chi connectivity index (χ0n) is 16.6. The molecule has 0 radical (unpaired) electrons. The van der Waals surface area contributed by atoms with E-state index in [1.165, 1.54) is 0 Å². The molecule has 28 heavy (non-hydrogen) atoms. The van der Waals surface area contributed by atoms with Gasteiger partial charge < -0.3 is 14.8 Å². The highest BCUT2D eigenvalue weighted by atomic mass is 35.5. The zero-order valence-corrected chi connectivity index (χ0v) is 18.2. The van der Waals surface area contributed by atoms with Gasteiger partial charge in [-0.15, -0.1) is 11.8 Å². The molecule has 0 aromatic heterocycles. The highest BCUT2D eigenvalue weighted by Gasteiger charge is 2.35. The Morgan fingerprint density at radius 2 is 2.04 bits per heavy atom. The first-order valence-electron chi connectivity index (χ1n) is 9.41. The van der Waals surface area contributed by atoms with Crippen molar-refractivity contribution in [2.75, 3.05) is 7.11 Å². The van der Waals surface area contributed by atoms with Gasteiger partial charge in [0.15, 0.2) is 0 Å². The molecular weight excluding hydrogens is 394 g/mol. The van der Waals surface area contributed by atoms with Crippen LogP contribution in [0.4, 0.5) is 0 Å². The van der Waals surface area contributed by atoms with Crippen molar-refractivity contribution in [2.45, 2.75) is 55.4 Å². The van der Waals surface area contributed by atoms with E-state index in [2.05, 4.69) is 5.32 Å². The van der Waals surface area contributed by atoms with E-state index in [0.717, 1.165) is 28.4 Å². The Balaban J connectivity index is 1.77. The summed E-state index contributed by atoms with van der Waals surface area (Å²) in [5.74, 6) is 1.54. The molecule has 2 atom stereocenters. The first kappa shape index (κ1) is 20.9. The van der Waals surface area contributed by atoms with Crippen LogP contribution in [-0.4, -0.2) is 23.9 Å². The Morgan fingerprint density at radius 1 is 1.32 bits per heavy atom. The molecule has 1 aliphatic heterocycles. The van der Waals surface area contributed by atoms with Gasteiger partial charge in [0, 0.05) is 28.0 Å². The Kier molecular flexibility index (Phi) is 6.46. The quantitative estimate of drug-likeness (QED) is 0.615. The molecule has 0 saturated carbocycles. The summed E-state index contributed by atoms with van der Waals surface area (Å²) in [7, 11) is 1.63. The lowest BCUT2D eigenvalue weighted by Crippen LogP contribution is -2.43. The number of carbonyl (C=O) groups excluding carboxylic acids is 1. The summed E-state index contributed by atoms with van der Waals surface area (Å²) in [5, 5.41) is 3.76. The summed E-state index contributed by atoms with van der Waals surface area (Å²) in [6, 6.07) is 13.2. The molecule has 0 saturated heterocycles. The monoisotopic (exact) mass is 419 g/mol. The number of nitrogens with one attached hydrogen (secondary N) is 1.